The lowest BCUT2D eigenvalue weighted by Crippen LogP contribution is -2.36. The summed E-state index contributed by atoms with van der Waals surface area (Å²) in [6.07, 6.45) is 4.45. The van der Waals surface area contributed by atoms with Crippen LogP contribution < -0.4 is 0 Å². The number of sulfonamides is 1. The monoisotopic (exact) mass is 262 g/mol. The van der Waals surface area contributed by atoms with Crippen LogP contribution in [0, 0.1) is 0 Å². The maximum absolute atomic E-state index is 11.8. The number of carbonyl (C=O) groups is 1. The van der Waals surface area contributed by atoms with Gasteiger partial charge in [-0.3, -0.25) is 4.79 Å². The SMILES string of the molecule is CCCCC(=O)N1CCCN(S(C)(=O)=O)CC1. The number of nitrogens with zero attached hydrogens (tertiary/aromatic N) is 2. The van der Waals surface area contributed by atoms with Gasteiger partial charge in [0.05, 0.1) is 6.26 Å². The second-order valence-electron chi connectivity index (χ2n) is 4.50. The summed E-state index contributed by atoms with van der Waals surface area (Å²) in [4.78, 5) is 13.6. The van der Waals surface area contributed by atoms with Crippen LogP contribution in [0.2, 0.25) is 0 Å². The minimum Gasteiger partial charge on any atom is -0.341 e. The molecular weight excluding hydrogens is 240 g/mol. The van der Waals surface area contributed by atoms with E-state index in [0.29, 0.717) is 32.6 Å². The third-order valence-electron chi connectivity index (χ3n) is 3.02. The van der Waals surface area contributed by atoms with E-state index in [1.807, 2.05) is 0 Å². The van der Waals surface area contributed by atoms with E-state index >= 15 is 0 Å². The summed E-state index contributed by atoms with van der Waals surface area (Å²) in [5.41, 5.74) is 0. The highest BCUT2D eigenvalue weighted by Crippen LogP contribution is 2.09. The molecule has 100 valence electrons. The van der Waals surface area contributed by atoms with Crippen LogP contribution in [-0.2, 0) is 14.8 Å². The molecule has 0 aliphatic carbocycles. The van der Waals surface area contributed by atoms with Crippen LogP contribution in [0.3, 0.4) is 0 Å². The number of amides is 1. The first-order chi connectivity index (χ1) is 7.95. The first kappa shape index (κ1) is 14.4. The van der Waals surface area contributed by atoms with Crippen LogP contribution >= 0.6 is 0 Å². The van der Waals surface area contributed by atoms with Crippen molar-refractivity contribution in [3.05, 3.63) is 0 Å². The van der Waals surface area contributed by atoms with Crippen molar-refractivity contribution in [1.82, 2.24) is 9.21 Å². The average molecular weight is 262 g/mol. The lowest BCUT2D eigenvalue weighted by atomic mass is 10.2. The molecule has 1 fully saturated rings. The minimum atomic E-state index is -3.12. The molecule has 0 saturated carbocycles. The third kappa shape index (κ3) is 4.63. The second-order valence-corrected chi connectivity index (χ2v) is 6.48. The van der Waals surface area contributed by atoms with Crippen molar-refractivity contribution in [2.45, 2.75) is 32.6 Å². The molecule has 0 radical (unpaired) electrons. The first-order valence-electron chi connectivity index (χ1n) is 6.18. The Labute approximate surface area is 104 Å². The highest BCUT2D eigenvalue weighted by molar-refractivity contribution is 7.88. The summed E-state index contributed by atoms with van der Waals surface area (Å²) in [7, 11) is -3.12. The van der Waals surface area contributed by atoms with E-state index in [1.54, 1.807) is 4.90 Å². The van der Waals surface area contributed by atoms with Gasteiger partial charge in [-0.25, -0.2) is 12.7 Å². The lowest BCUT2D eigenvalue weighted by Gasteiger charge is -2.20. The summed E-state index contributed by atoms with van der Waals surface area (Å²) in [6, 6.07) is 0. The molecule has 0 N–H and O–H groups in total. The average Bonchev–Trinajstić information content (AvgIpc) is 2.50. The van der Waals surface area contributed by atoms with Crippen molar-refractivity contribution < 1.29 is 13.2 Å². The molecule has 0 aromatic carbocycles. The maximum atomic E-state index is 11.8. The van der Waals surface area contributed by atoms with Gasteiger partial charge in [0.25, 0.3) is 0 Å². The van der Waals surface area contributed by atoms with Gasteiger partial charge in [-0.05, 0) is 12.8 Å². The summed E-state index contributed by atoms with van der Waals surface area (Å²) in [5.74, 6) is 0.155. The molecule has 0 unspecified atom stereocenters. The molecule has 0 spiro atoms. The minimum absolute atomic E-state index is 0.155. The van der Waals surface area contributed by atoms with Crippen molar-refractivity contribution in [1.29, 1.82) is 0 Å². The molecule has 6 heteroatoms. The smallest absolute Gasteiger partial charge is 0.222 e. The lowest BCUT2D eigenvalue weighted by molar-refractivity contribution is -0.131. The van der Waals surface area contributed by atoms with E-state index < -0.39 is 10.0 Å². The summed E-state index contributed by atoms with van der Waals surface area (Å²) < 4.78 is 24.3. The highest BCUT2D eigenvalue weighted by Gasteiger charge is 2.23. The van der Waals surface area contributed by atoms with E-state index in [-0.39, 0.29) is 5.91 Å². The van der Waals surface area contributed by atoms with Crippen molar-refractivity contribution >= 4 is 15.9 Å². The fourth-order valence-corrected chi connectivity index (χ4v) is 2.83. The Bertz CT molecular complexity index is 354. The molecule has 0 aromatic heterocycles. The molecule has 1 rings (SSSR count). The number of rotatable bonds is 4. The van der Waals surface area contributed by atoms with Crippen LogP contribution in [0.5, 0.6) is 0 Å². The molecule has 0 atom stereocenters. The van der Waals surface area contributed by atoms with E-state index in [9.17, 15) is 13.2 Å². The zero-order chi connectivity index (χ0) is 12.9. The van der Waals surface area contributed by atoms with Gasteiger partial charge in [0, 0.05) is 32.6 Å². The number of hydrogen-bond donors (Lipinski definition) is 0. The van der Waals surface area contributed by atoms with Gasteiger partial charge in [0.1, 0.15) is 0 Å². The van der Waals surface area contributed by atoms with Gasteiger partial charge in [-0.2, -0.15) is 0 Å². The molecule has 1 aliphatic heterocycles. The highest BCUT2D eigenvalue weighted by atomic mass is 32.2. The Morgan fingerprint density at radius 2 is 1.88 bits per heavy atom. The summed E-state index contributed by atoms with van der Waals surface area (Å²) in [6.45, 7) is 4.21. The number of unbranched alkanes of at least 4 members (excludes halogenated alkanes) is 1. The van der Waals surface area contributed by atoms with Gasteiger partial charge in [-0.1, -0.05) is 13.3 Å². The summed E-state index contributed by atoms with van der Waals surface area (Å²) >= 11 is 0. The van der Waals surface area contributed by atoms with Crippen LogP contribution in [0.25, 0.3) is 0 Å². The number of hydrogen-bond acceptors (Lipinski definition) is 3. The number of carbonyl (C=O) groups excluding carboxylic acids is 1. The van der Waals surface area contributed by atoms with Crippen LogP contribution in [0.15, 0.2) is 0 Å². The molecule has 1 aliphatic rings. The molecule has 1 heterocycles. The Morgan fingerprint density at radius 3 is 2.47 bits per heavy atom. The van der Waals surface area contributed by atoms with E-state index in [2.05, 4.69) is 6.92 Å². The van der Waals surface area contributed by atoms with E-state index in [0.717, 1.165) is 19.3 Å². The molecule has 1 amide bonds. The zero-order valence-corrected chi connectivity index (χ0v) is 11.5. The Balaban J connectivity index is 2.50. The first-order valence-corrected chi connectivity index (χ1v) is 8.03. The van der Waals surface area contributed by atoms with Crippen molar-refractivity contribution in [3.63, 3.8) is 0 Å². The molecular formula is C11H22N2O3S. The molecule has 0 bridgehead atoms. The standard InChI is InChI=1S/C11H22N2O3S/c1-3-4-6-11(14)12-7-5-8-13(10-9-12)17(2,15)16/h3-10H2,1-2H3. The van der Waals surface area contributed by atoms with Gasteiger partial charge >= 0.3 is 0 Å². The predicted molar refractivity (Wildman–Crippen MR) is 67.1 cm³/mol. The predicted octanol–water partition coefficient (Wildman–Crippen LogP) is 0.671. The molecule has 5 nitrogen and oxygen atoms in total. The van der Waals surface area contributed by atoms with Gasteiger partial charge in [-0.15, -0.1) is 0 Å². The Hall–Kier alpha value is -0.620. The van der Waals surface area contributed by atoms with E-state index in [4.69, 9.17) is 0 Å². The Kier molecular flexibility index (Phi) is 5.39. The van der Waals surface area contributed by atoms with Gasteiger partial charge < -0.3 is 4.90 Å². The van der Waals surface area contributed by atoms with Crippen LogP contribution in [0.4, 0.5) is 0 Å². The fourth-order valence-electron chi connectivity index (χ4n) is 1.96. The topological polar surface area (TPSA) is 57.7 Å². The maximum Gasteiger partial charge on any atom is 0.222 e. The van der Waals surface area contributed by atoms with Crippen molar-refractivity contribution in [3.8, 4) is 0 Å². The van der Waals surface area contributed by atoms with E-state index in [1.165, 1.54) is 10.6 Å². The van der Waals surface area contributed by atoms with Crippen molar-refractivity contribution in [2.75, 3.05) is 32.4 Å². The fraction of sp³-hybridized carbons (Fsp3) is 0.909. The summed E-state index contributed by atoms with van der Waals surface area (Å²) in [5, 5.41) is 0. The van der Waals surface area contributed by atoms with Crippen LogP contribution in [-0.4, -0.2) is 56.0 Å². The Morgan fingerprint density at radius 1 is 1.18 bits per heavy atom. The third-order valence-corrected chi connectivity index (χ3v) is 4.32. The second kappa shape index (κ2) is 6.35. The molecule has 17 heavy (non-hydrogen) atoms. The van der Waals surface area contributed by atoms with Gasteiger partial charge in [0.2, 0.25) is 15.9 Å². The largest absolute Gasteiger partial charge is 0.341 e. The quantitative estimate of drug-likeness (QED) is 0.748. The normalized spacial score (nSPS) is 19.1. The molecule has 0 aromatic rings. The zero-order valence-electron chi connectivity index (χ0n) is 10.7. The molecule has 1 saturated heterocycles. The van der Waals surface area contributed by atoms with Crippen LogP contribution in [0.1, 0.15) is 32.6 Å². The van der Waals surface area contributed by atoms with Crippen molar-refractivity contribution in [2.24, 2.45) is 0 Å². The van der Waals surface area contributed by atoms with Gasteiger partial charge in [0.15, 0.2) is 0 Å².